The number of carbonyl (C=O) groups is 7. The first-order chi connectivity index (χ1) is 27.8. The number of nitrogens with one attached hydrogen (secondary N) is 5. The summed E-state index contributed by atoms with van der Waals surface area (Å²) in [6.45, 7) is 1.08. The van der Waals surface area contributed by atoms with E-state index < -0.39 is 63.7 Å². The average Bonchev–Trinajstić information content (AvgIpc) is 3.94. The van der Waals surface area contributed by atoms with Crippen molar-refractivity contribution in [2.45, 2.75) is 139 Å². The van der Waals surface area contributed by atoms with Gasteiger partial charge in [0.25, 0.3) is 0 Å². The number of thioether (sulfide) groups is 1. The van der Waals surface area contributed by atoms with Crippen molar-refractivity contribution in [1.29, 1.82) is 0 Å². The lowest BCUT2D eigenvalue weighted by Gasteiger charge is -2.30. The predicted molar refractivity (Wildman–Crippen MR) is 214 cm³/mol. The van der Waals surface area contributed by atoms with Crippen molar-refractivity contribution in [3.63, 3.8) is 0 Å². The van der Waals surface area contributed by atoms with Gasteiger partial charge in [-0.25, -0.2) is 12.7 Å². The molecule has 17 nitrogen and oxygen atoms in total. The van der Waals surface area contributed by atoms with E-state index in [1.54, 1.807) is 11.8 Å². The van der Waals surface area contributed by atoms with Gasteiger partial charge in [0.05, 0.1) is 30.1 Å². The molecule has 4 aliphatic heterocycles. The van der Waals surface area contributed by atoms with Gasteiger partial charge in [-0.2, -0.15) is 0 Å². The lowest BCUT2D eigenvalue weighted by Crippen LogP contribution is -2.54. The number of sulfonamides is 1. The van der Waals surface area contributed by atoms with E-state index in [1.807, 2.05) is 0 Å². The van der Waals surface area contributed by atoms with Crippen molar-refractivity contribution in [3.8, 4) is 0 Å². The zero-order valence-electron chi connectivity index (χ0n) is 33.5. The highest BCUT2D eigenvalue weighted by atomic mass is 32.2. The zero-order chi connectivity index (χ0) is 41.4. The number of imide groups is 2. The Labute approximate surface area is 345 Å². The van der Waals surface area contributed by atoms with Crippen molar-refractivity contribution < 1.29 is 46.7 Å². The maximum Gasteiger partial charge on any atom is 0.249 e. The Morgan fingerprint density at radius 1 is 0.931 bits per heavy atom. The summed E-state index contributed by atoms with van der Waals surface area (Å²) in [5, 5.41) is 14.7. The minimum atomic E-state index is -3.42. The zero-order valence-corrected chi connectivity index (χ0v) is 35.2. The summed E-state index contributed by atoms with van der Waals surface area (Å²) < 4.78 is 31.5. The normalized spacial score (nSPS) is 30.2. The third kappa shape index (κ3) is 11.4. The number of hydrogen-bond donors (Lipinski definition) is 5. The van der Waals surface area contributed by atoms with E-state index in [1.165, 1.54) is 36.4 Å². The van der Waals surface area contributed by atoms with Crippen LogP contribution in [0.5, 0.6) is 0 Å². The summed E-state index contributed by atoms with van der Waals surface area (Å²) in [7, 11) is -3.42. The van der Waals surface area contributed by atoms with E-state index in [9.17, 15) is 42.0 Å². The number of likely N-dealkylation sites (tertiary alicyclic amines) is 1. The highest BCUT2D eigenvalue weighted by Crippen LogP contribution is 2.41. The molecule has 8 atom stereocenters. The van der Waals surface area contributed by atoms with E-state index in [0.717, 1.165) is 23.3 Å². The van der Waals surface area contributed by atoms with Crippen molar-refractivity contribution in [2.24, 2.45) is 23.7 Å². The highest BCUT2D eigenvalue weighted by molar-refractivity contribution is 8.00. The molecule has 324 valence electrons. The van der Waals surface area contributed by atoms with Crippen LogP contribution in [0.15, 0.2) is 0 Å². The second-order valence-electron chi connectivity index (χ2n) is 16.8. The van der Waals surface area contributed by atoms with Crippen LogP contribution >= 0.6 is 11.8 Å². The number of piperidine rings is 1. The molecule has 5 N–H and O–H groups in total. The topological polar surface area (TPSA) is 229 Å². The van der Waals surface area contributed by atoms with Crippen LogP contribution in [0.1, 0.15) is 109 Å². The van der Waals surface area contributed by atoms with E-state index in [0.29, 0.717) is 76.5 Å². The van der Waals surface area contributed by atoms with Crippen LogP contribution in [0.25, 0.3) is 0 Å². The first kappa shape index (κ1) is 44.4. The summed E-state index contributed by atoms with van der Waals surface area (Å²) in [6, 6.07) is -1.43. The molecular weight excluding hydrogens is 791 g/mol. The summed E-state index contributed by atoms with van der Waals surface area (Å²) >= 11 is 1.66. The maximum atomic E-state index is 13.6. The maximum absolute atomic E-state index is 13.6. The fraction of sp³-hybridized carbons (Fsp3) is 0.821. The van der Waals surface area contributed by atoms with E-state index in [-0.39, 0.29) is 61.5 Å². The minimum Gasteiger partial charge on any atom is -0.377 e. The second kappa shape index (κ2) is 20.4. The smallest absolute Gasteiger partial charge is 0.249 e. The molecule has 7 amide bonds. The Kier molecular flexibility index (Phi) is 15.6. The van der Waals surface area contributed by atoms with Gasteiger partial charge in [-0.3, -0.25) is 49.1 Å². The van der Waals surface area contributed by atoms with Gasteiger partial charge in [0, 0.05) is 50.9 Å². The second-order valence-corrected chi connectivity index (χ2v) is 20.0. The van der Waals surface area contributed by atoms with Crippen LogP contribution in [-0.4, -0.2) is 127 Å². The number of ether oxygens (including phenoxy) is 1. The fourth-order valence-electron chi connectivity index (χ4n) is 9.46. The number of hydrogen-bond acceptors (Lipinski definition) is 12. The molecule has 4 heterocycles. The monoisotopic (exact) mass is 851 g/mol. The Hall–Kier alpha value is -3.13. The van der Waals surface area contributed by atoms with Crippen LogP contribution in [0, 0.1) is 23.7 Å². The van der Waals surface area contributed by atoms with Crippen LogP contribution in [0.3, 0.4) is 0 Å². The molecule has 0 radical (unpaired) electrons. The Morgan fingerprint density at radius 3 is 2.47 bits per heavy atom. The number of rotatable bonds is 18. The SMILES string of the molecule is CS(=O)(=O)N1CCC(C(=O)N[C@@H](CCCCNC(=O)CCCCOC2CCCC3C(=O)N(C4CCC(=O)NC4=O)C(=O)C23)C(=O)NC2NC(C3CCCCC3)CS2)C1. The van der Waals surface area contributed by atoms with Crippen molar-refractivity contribution in [3.05, 3.63) is 0 Å². The van der Waals surface area contributed by atoms with Crippen molar-refractivity contribution in [2.75, 3.05) is 38.2 Å². The molecule has 0 aromatic heterocycles. The summed E-state index contributed by atoms with van der Waals surface area (Å²) in [5.41, 5.74) is -0.250. The molecule has 4 saturated heterocycles. The third-order valence-electron chi connectivity index (χ3n) is 12.7. The molecule has 2 saturated carbocycles. The predicted octanol–water partition coefficient (Wildman–Crippen LogP) is 0.870. The molecule has 6 rings (SSSR count). The first-order valence-electron chi connectivity index (χ1n) is 21.3. The number of unbranched alkanes of at least 4 members (excludes halogenated alkanes) is 2. The number of nitrogens with zero attached hydrogens (tertiary/aromatic N) is 2. The van der Waals surface area contributed by atoms with Gasteiger partial charge in [-0.1, -0.05) is 25.7 Å². The van der Waals surface area contributed by atoms with Gasteiger partial charge in [-0.05, 0) is 76.5 Å². The van der Waals surface area contributed by atoms with Gasteiger partial charge < -0.3 is 20.7 Å². The Balaban J connectivity index is 0.895. The molecule has 0 spiro atoms. The van der Waals surface area contributed by atoms with Crippen LogP contribution in [0.2, 0.25) is 0 Å². The first-order valence-corrected chi connectivity index (χ1v) is 24.2. The largest absolute Gasteiger partial charge is 0.377 e. The van der Waals surface area contributed by atoms with Gasteiger partial charge in [0.15, 0.2) is 0 Å². The molecule has 0 aromatic rings. The molecule has 19 heteroatoms. The molecule has 0 aromatic carbocycles. The molecule has 6 aliphatic rings. The van der Waals surface area contributed by atoms with E-state index >= 15 is 0 Å². The summed E-state index contributed by atoms with van der Waals surface area (Å²) in [5.74, 6) is -2.76. The average molecular weight is 852 g/mol. The molecular formula is C39H61N7O10S2. The van der Waals surface area contributed by atoms with Gasteiger partial charge in [-0.15, -0.1) is 11.8 Å². The molecule has 2 aliphatic carbocycles. The lowest BCUT2D eigenvalue weighted by molar-refractivity contribution is -0.152. The van der Waals surface area contributed by atoms with Crippen LogP contribution in [-0.2, 0) is 48.3 Å². The number of carbonyl (C=O) groups excluding carboxylic acids is 7. The standard InChI is InChI=1S/C39H61N7O10S2/c1-58(54,55)45-20-18-25(22-45)34(49)41-27(35(50)44-39-42-28(23-57-39)24-10-3-2-4-11-24)13-5-7-19-40-31(47)15-6-8-21-56-30-14-9-12-26-33(30)38(53)46(37(26)52)29-16-17-32(48)43-36(29)51/h24-30,33,39,42H,2-23H2,1H3,(H,40,47)(H,41,49)(H,44,50)(H,43,48,51)/t25?,26?,27-,28?,29?,30?,33?,39?/m0/s1. The quantitative estimate of drug-likeness (QED) is 0.0957. The van der Waals surface area contributed by atoms with Crippen molar-refractivity contribution >= 4 is 63.1 Å². The fourth-order valence-corrected chi connectivity index (χ4v) is 11.6. The summed E-state index contributed by atoms with van der Waals surface area (Å²) in [4.78, 5) is 91.2. The molecule has 6 fully saturated rings. The lowest BCUT2D eigenvalue weighted by atomic mass is 9.79. The molecule has 58 heavy (non-hydrogen) atoms. The highest BCUT2D eigenvalue weighted by Gasteiger charge is 2.56. The van der Waals surface area contributed by atoms with Crippen molar-refractivity contribution in [1.82, 2.24) is 35.8 Å². The van der Waals surface area contributed by atoms with Crippen LogP contribution < -0.4 is 26.6 Å². The third-order valence-corrected chi connectivity index (χ3v) is 15.1. The van der Waals surface area contributed by atoms with Gasteiger partial charge in [0.1, 0.15) is 17.6 Å². The Morgan fingerprint density at radius 2 is 1.72 bits per heavy atom. The summed E-state index contributed by atoms with van der Waals surface area (Å²) in [6.07, 6.45) is 12.2. The molecule has 7 unspecified atom stereocenters. The molecule has 0 bridgehead atoms. The van der Waals surface area contributed by atoms with E-state index in [4.69, 9.17) is 4.74 Å². The Bertz CT molecular complexity index is 1660. The number of amides is 7. The van der Waals surface area contributed by atoms with Gasteiger partial charge in [0.2, 0.25) is 51.4 Å². The van der Waals surface area contributed by atoms with Gasteiger partial charge >= 0.3 is 0 Å². The minimum absolute atomic E-state index is 0.0742. The van der Waals surface area contributed by atoms with Crippen LogP contribution in [0.4, 0.5) is 0 Å². The number of fused-ring (bicyclic) bond motifs is 1. The van der Waals surface area contributed by atoms with E-state index in [2.05, 4.69) is 26.6 Å².